The molecule has 14 heavy (non-hydrogen) atoms. The molecule has 0 aliphatic carbocycles. The number of benzene rings is 1. The molecule has 1 rings (SSSR count). The van der Waals surface area contributed by atoms with Crippen molar-refractivity contribution in [3.8, 4) is 0 Å². The largest absolute Gasteiger partial charge is 0.322 e. The van der Waals surface area contributed by atoms with Gasteiger partial charge in [0.2, 0.25) is 5.91 Å². The predicted molar refractivity (Wildman–Crippen MR) is 53.0 cm³/mol. The number of carbonyl (C=O) groups excluding carboxylic acids is 1. The second-order valence-electron chi connectivity index (χ2n) is 2.50. The van der Waals surface area contributed by atoms with Gasteiger partial charge in [0.15, 0.2) is 0 Å². The van der Waals surface area contributed by atoms with Crippen molar-refractivity contribution in [1.82, 2.24) is 0 Å². The Kier molecular flexibility index (Phi) is 3.19. The smallest absolute Gasteiger partial charge is 0.247 e. The second-order valence-corrected chi connectivity index (χ2v) is 2.50. The first-order valence-electron chi connectivity index (χ1n) is 3.87. The molecule has 0 fully saturated rings. The van der Waals surface area contributed by atoms with E-state index in [-0.39, 0.29) is 5.69 Å². The van der Waals surface area contributed by atoms with Gasteiger partial charge >= 0.3 is 0 Å². The van der Waals surface area contributed by atoms with E-state index in [0.29, 0.717) is 5.69 Å². The van der Waals surface area contributed by atoms with E-state index in [1.165, 1.54) is 12.1 Å². The lowest BCUT2D eigenvalue weighted by atomic mass is 10.2. The molecule has 1 aromatic carbocycles. The minimum atomic E-state index is -0.560. The second kappa shape index (κ2) is 4.38. The maximum Gasteiger partial charge on any atom is 0.247 e. The van der Waals surface area contributed by atoms with Crippen LogP contribution in [0, 0.1) is 5.82 Å². The van der Waals surface area contributed by atoms with Gasteiger partial charge in [-0.05, 0) is 18.2 Å². The fraction of sp³-hybridized carbons (Fsp3) is 0. The zero-order valence-corrected chi connectivity index (χ0v) is 7.38. The van der Waals surface area contributed by atoms with Gasteiger partial charge in [-0.1, -0.05) is 12.6 Å². The van der Waals surface area contributed by atoms with Gasteiger partial charge in [0.1, 0.15) is 11.5 Å². The topological polar surface area (TPSA) is 67.2 Å². The van der Waals surface area contributed by atoms with Gasteiger partial charge in [-0.3, -0.25) is 10.6 Å². The first-order valence-corrected chi connectivity index (χ1v) is 3.87. The monoisotopic (exact) mass is 195 g/mol. The number of hydrogen-bond donors (Lipinski definition) is 3. The Morgan fingerprint density at radius 3 is 2.86 bits per heavy atom. The van der Waals surface area contributed by atoms with Crippen LogP contribution in [0.5, 0.6) is 0 Å². The number of para-hydroxylation sites is 1. The summed E-state index contributed by atoms with van der Waals surface area (Å²) in [6.07, 6.45) is 1.05. The first-order chi connectivity index (χ1) is 6.69. The number of nitrogens with two attached hydrogens (primary N) is 1. The number of amides is 1. The highest BCUT2D eigenvalue weighted by molar-refractivity contribution is 6.01. The molecule has 74 valence electrons. The molecule has 0 saturated heterocycles. The molecule has 0 aromatic heterocycles. The van der Waals surface area contributed by atoms with Gasteiger partial charge in [-0.15, -0.1) is 0 Å². The third-order valence-electron chi connectivity index (χ3n) is 1.60. The molecule has 1 amide bonds. The molecule has 0 spiro atoms. The zero-order valence-electron chi connectivity index (χ0n) is 7.38. The number of carbonyl (C=O) groups is 1. The summed E-state index contributed by atoms with van der Waals surface area (Å²) in [5.74, 6) is 4.09. The minimum absolute atomic E-state index is 0.0138. The van der Waals surface area contributed by atoms with Gasteiger partial charge in [-0.25, -0.2) is 4.39 Å². The normalized spacial score (nSPS) is 9.29. The predicted octanol–water partition coefficient (Wildman–Crippen LogP) is 1.24. The molecule has 0 bridgehead atoms. The van der Waals surface area contributed by atoms with Crippen LogP contribution in [-0.4, -0.2) is 5.91 Å². The van der Waals surface area contributed by atoms with E-state index in [4.69, 9.17) is 5.84 Å². The fourth-order valence-electron chi connectivity index (χ4n) is 0.946. The highest BCUT2D eigenvalue weighted by atomic mass is 19.1. The number of rotatable bonds is 3. The molecular formula is C9H10FN3O. The van der Waals surface area contributed by atoms with Crippen molar-refractivity contribution in [2.75, 3.05) is 10.7 Å². The standard InChI is InChI=1S/C9H10FN3O/c1-2-8(14)12-9-6(10)4-3-5-7(9)13-11/h2-5,13H,1,11H2,(H,12,14). The summed E-state index contributed by atoms with van der Waals surface area (Å²) >= 11 is 0. The third-order valence-corrected chi connectivity index (χ3v) is 1.60. The van der Waals surface area contributed by atoms with Crippen LogP contribution in [0.4, 0.5) is 15.8 Å². The van der Waals surface area contributed by atoms with Crippen LogP contribution < -0.4 is 16.6 Å². The average Bonchev–Trinajstić information content (AvgIpc) is 2.20. The van der Waals surface area contributed by atoms with Crippen LogP contribution in [0.3, 0.4) is 0 Å². The highest BCUT2D eigenvalue weighted by Crippen LogP contribution is 2.23. The van der Waals surface area contributed by atoms with E-state index < -0.39 is 11.7 Å². The molecule has 1 aromatic rings. The first kappa shape index (κ1) is 10.2. The maximum atomic E-state index is 13.2. The Bertz CT molecular complexity index is 365. The molecule has 4 nitrogen and oxygen atoms in total. The summed E-state index contributed by atoms with van der Waals surface area (Å²) < 4.78 is 13.2. The van der Waals surface area contributed by atoms with Crippen LogP contribution in [0.25, 0.3) is 0 Å². The molecule has 5 heteroatoms. The minimum Gasteiger partial charge on any atom is -0.322 e. The number of nitrogens with one attached hydrogen (secondary N) is 2. The summed E-state index contributed by atoms with van der Waals surface area (Å²) in [4.78, 5) is 10.9. The summed E-state index contributed by atoms with van der Waals surface area (Å²) in [6, 6.07) is 4.25. The average molecular weight is 195 g/mol. The Morgan fingerprint density at radius 1 is 1.57 bits per heavy atom. The molecule has 0 aliphatic rings. The molecule has 0 radical (unpaired) electrons. The lowest BCUT2D eigenvalue weighted by Crippen LogP contribution is -2.14. The SMILES string of the molecule is C=CC(=O)Nc1c(F)cccc1NN. The van der Waals surface area contributed by atoms with Crippen molar-refractivity contribution >= 4 is 17.3 Å². The Morgan fingerprint density at radius 2 is 2.29 bits per heavy atom. The van der Waals surface area contributed by atoms with Crippen molar-refractivity contribution < 1.29 is 9.18 Å². The number of hydrazine groups is 1. The van der Waals surface area contributed by atoms with E-state index in [9.17, 15) is 9.18 Å². The van der Waals surface area contributed by atoms with E-state index in [0.717, 1.165) is 6.08 Å². The number of halogens is 1. The molecule has 0 saturated carbocycles. The maximum absolute atomic E-state index is 13.2. The summed E-state index contributed by atoms with van der Waals surface area (Å²) in [6.45, 7) is 3.26. The lowest BCUT2D eigenvalue weighted by Gasteiger charge is -2.09. The Hall–Kier alpha value is -1.88. The number of nitrogen functional groups attached to an aromatic ring is 1. The number of anilines is 2. The third kappa shape index (κ3) is 2.08. The quantitative estimate of drug-likeness (QED) is 0.386. The summed E-state index contributed by atoms with van der Waals surface area (Å²) in [7, 11) is 0. The molecule has 0 atom stereocenters. The van der Waals surface area contributed by atoms with Crippen molar-refractivity contribution in [3.05, 3.63) is 36.7 Å². The Labute approximate surface area is 80.6 Å². The van der Waals surface area contributed by atoms with Crippen molar-refractivity contribution in [1.29, 1.82) is 0 Å². The molecule has 0 heterocycles. The van der Waals surface area contributed by atoms with E-state index in [1.807, 2.05) is 0 Å². The fourth-order valence-corrected chi connectivity index (χ4v) is 0.946. The molecular weight excluding hydrogens is 185 g/mol. The molecule has 4 N–H and O–H groups in total. The van der Waals surface area contributed by atoms with E-state index in [2.05, 4.69) is 17.3 Å². The van der Waals surface area contributed by atoms with E-state index >= 15 is 0 Å². The van der Waals surface area contributed by atoms with E-state index in [1.54, 1.807) is 6.07 Å². The van der Waals surface area contributed by atoms with Crippen LogP contribution >= 0.6 is 0 Å². The Balaban J connectivity index is 3.04. The number of hydrogen-bond acceptors (Lipinski definition) is 3. The van der Waals surface area contributed by atoms with Gasteiger partial charge in [0.25, 0.3) is 0 Å². The van der Waals surface area contributed by atoms with Crippen molar-refractivity contribution in [2.45, 2.75) is 0 Å². The van der Waals surface area contributed by atoms with Gasteiger partial charge in [0, 0.05) is 0 Å². The van der Waals surface area contributed by atoms with Crippen molar-refractivity contribution in [2.24, 2.45) is 5.84 Å². The van der Waals surface area contributed by atoms with Crippen LogP contribution in [-0.2, 0) is 4.79 Å². The highest BCUT2D eigenvalue weighted by Gasteiger charge is 2.08. The summed E-state index contributed by atoms with van der Waals surface area (Å²) in [5.41, 5.74) is 2.60. The van der Waals surface area contributed by atoms with Crippen LogP contribution in [0.15, 0.2) is 30.9 Å². The molecule has 0 unspecified atom stereocenters. The molecule has 0 aliphatic heterocycles. The van der Waals surface area contributed by atoms with Gasteiger partial charge in [-0.2, -0.15) is 0 Å². The zero-order chi connectivity index (χ0) is 10.6. The van der Waals surface area contributed by atoms with Crippen LogP contribution in [0.1, 0.15) is 0 Å². The van der Waals surface area contributed by atoms with Gasteiger partial charge in [0.05, 0.1) is 5.69 Å². The van der Waals surface area contributed by atoms with Crippen LogP contribution in [0.2, 0.25) is 0 Å². The van der Waals surface area contributed by atoms with Crippen molar-refractivity contribution in [3.63, 3.8) is 0 Å². The summed E-state index contributed by atoms with van der Waals surface area (Å²) in [5, 5.41) is 2.30. The lowest BCUT2D eigenvalue weighted by molar-refractivity contribution is -0.111. The van der Waals surface area contributed by atoms with Gasteiger partial charge < -0.3 is 10.7 Å².